The van der Waals surface area contributed by atoms with E-state index in [2.05, 4.69) is 39.8 Å². The number of hydrogen-bond donors (Lipinski definition) is 2. The summed E-state index contributed by atoms with van der Waals surface area (Å²) in [5.41, 5.74) is 2.98. The zero-order valence-electron chi connectivity index (χ0n) is 17.8. The van der Waals surface area contributed by atoms with Crippen LogP contribution in [0.1, 0.15) is 24.0 Å². The Kier molecular flexibility index (Phi) is 7.46. The Morgan fingerprint density at radius 1 is 1.13 bits per heavy atom. The molecule has 1 heterocycles. The molecule has 0 aromatic heterocycles. The molecule has 2 aromatic rings. The van der Waals surface area contributed by atoms with Gasteiger partial charge in [-0.25, -0.2) is 12.7 Å². The van der Waals surface area contributed by atoms with Crippen LogP contribution in [0.15, 0.2) is 53.4 Å². The van der Waals surface area contributed by atoms with E-state index in [1.165, 1.54) is 24.0 Å². The number of sulfonamides is 1. The molecule has 2 N–H and O–H groups in total. The number of rotatable bonds is 6. The predicted molar refractivity (Wildman–Crippen MR) is 126 cm³/mol. The van der Waals surface area contributed by atoms with E-state index in [1.54, 1.807) is 18.2 Å². The van der Waals surface area contributed by atoms with E-state index in [-0.39, 0.29) is 4.90 Å². The van der Waals surface area contributed by atoms with E-state index in [9.17, 15) is 8.42 Å². The zero-order valence-corrected chi connectivity index (χ0v) is 19.4. The Morgan fingerprint density at radius 2 is 1.80 bits per heavy atom. The fraction of sp³-hybridized carbons (Fsp3) is 0.409. The van der Waals surface area contributed by atoms with Crippen molar-refractivity contribution in [3.05, 3.63) is 59.7 Å². The molecule has 30 heavy (non-hydrogen) atoms. The van der Waals surface area contributed by atoms with Crippen molar-refractivity contribution in [2.75, 3.05) is 32.5 Å². The molecular formula is C22H30N4O2S2. The average molecular weight is 447 g/mol. The van der Waals surface area contributed by atoms with Crippen LogP contribution in [0.25, 0.3) is 0 Å². The molecule has 0 unspecified atom stereocenters. The second kappa shape index (κ2) is 9.87. The van der Waals surface area contributed by atoms with Gasteiger partial charge < -0.3 is 10.6 Å². The molecule has 162 valence electrons. The maximum Gasteiger partial charge on any atom is 0.242 e. The molecule has 0 radical (unpaired) electrons. The lowest BCUT2D eigenvalue weighted by Crippen LogP contribution is -2.45. The molecule has 0 spiro atoms. The molecule has 1 fully saturated rings. The minimum Gasteiger partial charge on any atom is -0.360 e. The summed E-state index contributed by atoms with van der Waals surface area (Å²) in [6.45, 7) is 4.94. The lowest BCUT2D eigenvalue weighted by Gasteiger charge is -2.33. The number of nitrogens with zero attached hydrogens (tertiary/aromatic N) is 2. The lowest BCUT2D eigenvalue weighted by atomic mass is 10.0. The second-order valence-corrected chi connectivity index (χ2v) is 10.5. The summed E-state index contributed by atoms with van der Waals surface area (Å²) in [5.74, 6) is 0. The van der Waals surface area contributed by atoms with Crippen LogP contribution in [-0.2, 0) is 16.6 Å². The van der Waals surface area contributed by atoms with Crippen molar-refractivity contribution in [1.82, 2.24) is 14.5 Å². The van der Waals surface area contributed by atoms with Gasteiger partial charge in [0.1, 0.15) is 0 Å². The first-order chi connectivity index (χ1) is 14.3. The monoisotopic (exact) mass is 446 g/mol. The fourth-order valence-corrected chi connectivity index (χ4v) is 4.73. The van der Waals surface area contributed by atoms with Gasteiger partial charge in [0.15, 0.2) is 5.11 Å². The Bertz CT molecular complexity index is 970. The molecule has 0 amide bonds. The van der Waals surface area contributed by atoms with Crippen molar-refractivity contribution < 1.29 is 8.42 Å². The molecule has 6 nitrogen and oxygen atoms in total. The number of hydrogen-bond acceptors (Lipinski definition) is 4. The first-order valence-corrected chi connectivity index (χ1v) is 12.0. The van der Waals surface area contributed by atoms with Gasteiger partial charge in [-0.15, -0.1) is 0 Å². The predicted octanol–water partition coefficient (Wildman–Crippen LogP) is 3.20. The average Bonchev–Trinajstić information content (AvgIpc) is 2.71. The Balaban J connectivity index is 1.54. The highest BCUT2D eigenvalue weighted by atomic mass is 32.2. The summed E-state index contributed by atoms with van der Waals surface area (Å²) in [5, 5.41) is 7.10. The van der Waals surface area contributed by atoms with E-state index in [0.717, 1.165) is 38.0 Å². The van der Waals surface area contributed by atoms with Gasteiger partial charge in [-0.1, -0.05) is 36.4 Å². The maximum atomic E-state index is 12.4. The third-order valence-corrected chi connectivity index (χ3v) is 7.44. The highest BCUT2D eigenvalue weighted by Gasteiger charge is 2.21. The van der Waals surface area contributed by atoms with Crippen LogP contribution in [0.4, 0.5) is 5.69 Å². The molecule has 1 aliphatic heterocycles. The minimum absolute atomic E-state index is 0.248. The van der Waals surface area contributed by atoms with E-state index >= 15 is 0 Å². The molecule has 2 aromatic carbocycles. The van der Waals surface area contributed by atoms with Crippen molar-refractivity contribution in [1.29, 1.82) is 0 Å². The van der Waals surface area contributed by atoms with E-state index in [4.69, 9.17) is 12.2 Å². The molecule has 1 aliphatic rings. The summed E-state index contributed by atoms with van der Waals surface area (Å²) >= 11 is 5.50. The van der Waals surface area contributed by atoms with Crippen LogP contribution in [0.2, 0.25) is 0 Å². The van der Waals surface area contributed by atoms with Crippen molar-refractivity contribution in [3.8, 4) is 0 Å². The van der Waals surface area contributed by atoms with Gasteiger partial charge in [-0.3, -0.25) is 4.90 Å². The third-order valence-electron chi connectivity index (χ3n) is 5.41. The summed E-state index contributed by atoms with van der Waals surface area (Å²) in [6, 6.07) is 15.9. The summed E-state index contributed by atoms with van der Waals surface area (Å²) in [6.07, 6.45) is 2.03. The smallest absolute Gasteiger partial charge is 0.242 e. The summed E-state index contributed by atoms with van der Waals surface area (Å²) in [7, 11) is -0.434. The summed E-state index contributed by atoms with van der Waals surface area (Å²) < 4.78 is 26.0. The molecule has 0 atom stereocenters. The van der Waals surface area contributed by atoms with E-state index < -0.39 is 10.0 Å². The van der Waals surface area contributed by atoms with Crippen molar-refractivity contribution in [2.45, 2.75) is 37.2 Å². The van der Waals surface area contributed by atoms with Gasteiger partial charge in [-0.2, -0.15) is 0 Å². The van der Waals surface area contributed by atoms with Gasteiger partial charge >= 0.3 is 0 Å². The maximum absolute atomic E-state index is 12.4. The van der Waals surface area contributed by atoms with E-state index in [1.807, 2.05) is 13.0 Å². The van der Waals surface area contributed by atoms with Crippen molar-refractivity contribution in [2.24, 2.45) is 0 Å². The van der Waals surface area contributed by atoms with Gasteiger partial charge in [0.05, 0.1) is 4.90 Å². The van der Waals surface area contributed by atoms with Gasteiger partial charge in [0, 0.05) is 45.5 Å². The van der Waals surface area contributed by atoms with Crippen LogP contribution in [0, 0.1) is 6.92 Å². The van der Waals surface area contributed by atoms with Crippen LogP contribution >= 0.6 is 12.2 Å². The highest BCUT2D eigenvalue weighted by Crippen LogP contribution is 2.22. The second-order valence-electron chi connectivity index (χ2n) is 7.90. The minimum atomic E-state index is -3.49. The van der Waals surface area contributed by atoms with Gasteiger partial charge in [-0.05, 0) is 55.2 Å². The van der Waals surface area contributed by atoms with E-state index in [0.29, 0.717) is 16.8 Å². The third kappa shape index (κ3) is 5.78. The molecule has 0 bridgehead atoms. The number of anilines is 1. The molecular weight excluding hydrogens is 416 g/mol. The first kappa shape index (κ1) is 22.7. The number of piperidine rings is 1. The number of thiocarbonyl (C=S) groups is 1. The van der Waals surface area contributed by atoms with Crippen LogP contribution in [0.5, 0.6) is 0 Å². The molecule has 0 aliphatic carbocycles. The first-order valence-electron chi connectivity index (χ1n) is 10.1. The van der Waals surface area contributed by atoms with Crippen LogP contribution in [0.3, 0.4) is 0 Å². The molecule has 3 rings (SSSR count). The number of aryl methyl sites for hydroxylation is 1. The van der Waals surface area contributed by atoms with Crippen LogP contribution in [-0.4, -0.2) is 56.0 Å². The Hall–Kier alpha value is -2.00. The number of likely N-dealkylation sites (tertiary alicyclic amines) is 1. The SMILES string of the molecule is Cc1ccc(S(=O)(=O)N(C)C)cc1NC(=S)NC1CCN(Cc2ccccc2)CC1. The van der Waals surface area contributed by atoms with Crippen molar-refractivity contribution >= 4 is 33.0 Å². The zero-order chi connectivity index (χ0) is 21.7. The number of benzene rings is 2. The van der Waals surface area contributed by atoms with Crippen molar-refractivity contribution in [3.63, 3.8) is 0 Å². The normalized spacial score (nSPS) is 15.9. The molecule has 0 saturated carbocycles. The topological polar surface area (TPSA) is 64.7 Å². The lowest BCUT2D eigenvalue weighted by molar-refractivity contribution is 0.199. The molecule has 8 heteroatoms. The Morgan fingerprint density at radius 3 is 2.43 bits per heavy atom. The molecule has 1 saturated heterocycles. The quantitative estimate of drug-likeness (QED) is 0.665. The van der Waals surface area contributed by atoms with Gasteiger partial charge in [0.2, 0.25) is 10.0 Å². The largest absolute Gasteiger partial charge is 0.360 e. The standard InChI is InChI=1S/C22H30N4O2S2/c1-17-9-10-20(30(27,28)25(2)3)15-21(17)24-22(29)23-19-11-13-26(14-12-19)16-18-7-5-4-6-8-18/h4-10,15,19H,11-14,16H2,1-3H3,(H2,23,24,29). The summed E-state index contributed by atoms with van der Waals surface area (Å²) in [4.78, 5) is 2.71. The fourth-order valence-electron chi connectivity index (χ4n) is 3.53. The van der Waals surface area contributed by atoms with Crippen LogP contribution < -0.4 is 10.6 Å². The Labute approximate surface area is 185 Å². The number of nitrogens with one attached hydrogen (secondary N) is 2. The highest BCUT2D eigenvalue weighted by molar-refractivity contribution is 7.89. The van der Waals surface area contributed by atoms with Gasteiger partial charge in [0.25, 0.3) is 0 Å².